The number of rotatable bonds is 7. The van der Waals surface area contributed by atoms with E-state index < -0.39 is 5.54 Å². The van der Waals surface area contributed by atoms with Gasteiger partial charge in [0.15, 0.2) is 0 Å². The van der Waals surface area contributed by atoms with E-state index in [4.69, 9.17) is 9.47 Å². The summed E-state index contributed by atoms with van der Waals surface area (Å²) in [7, 11) is 3.23. The Morgan fingerprint density at radius 1 is 1.25 bits per heavy atom. The van der Waals surface area contributed by atoms with Crippen molar-refractivity contribution < 1.29 is 18.7 Å². The third kappa shape index (κ3) is 4.82. The minimum absolute atomic E-state index is 0. The molecule has 2 N–H and O–H groups in total. The van der Waals surface area contributed by atoms with Crippen molar-refractivity contribution in [3.8, 4) is 5.75 Å². The highest BCUT2D eigenvalue weighted by Crippen LogP contribution is 2.34. The second-order valence-corrected chi connectivity index (χ2v) is 6.78. The van der Waals surface area contributed by atoms with Gasteiger partial charge in [-0.2, -0.15) is 0 Å². The zero-order valence-electron chi connectivity index (χ0n) is 16.0. The van der Waals surface area contributed by atoms with Crippen LogP contribution < -0.4 is 15.4 Å². The summed E-state index contributed by atoms with van der Waals surface area (Å²) in [5.41, 5.74) is 0.901. The number of hydrogen-bond acceptors (Lipinski definition) is 4. The smallest absolute Gasteiger partial charge is 0.242 e. The maximum atomic E-state index is 13.7. The quantitative estimate of drug-likeness (QED) is 0.737. The molecule has 2 aromatic rings. The Bertz CT molecular complexity index is 787. The van der Waals surface area contributed by atoms with Gasteiger partial charge >= 0.3 is 0 Å². The Balaban J connectivity index is 0.00000280. The molecule has 7 heteroatoms. The normalized spacial score (nSPS) is 21.0. The summed E-state index contributed by atoms with van der Waals surface area (Å²) in [6.45, 7) is 0.508. The maximum absolute atomic E-state index is 13.7. The van der Waals surface area contributed by atoms with Gasteiger partial charge in [0.1, 0.15) is 23.7 Å². The van der Waals surface area contributed by atoms with E-state index in [1.54, 1.807) is 32.4 Å². The van der Waals surface area contributed by atoms with Crippen LogP contribution in [0.25, 0.3) is 0 Å². The van der Waals surface area contributed by atoms with Crippen LogP contribution in [-0.4, -0.2) is 32.2 Å². The van der Waals surface area contributed by atoms with Crippen molar-refractivity contribution in [1.82, 2.24) is 10.6 Å². The number of methoxy groups -OCH3 is 1. The number of benzene rings is 2. The molecule has 1 fully saturated rings. The number of likely N-dealkylation sites (N-methyl/N-ethyl adjacent to an activating group) is 1. The second-order valence-electron chi connectivity index (χ2n) is 6.78. The summed E-state index contributed by atoms with van der Waals surface area (Å²) in [6, 6.07) is 14.3. The molecular weight excluding hydrogens is 383 g/mol. The van der Waals surface area contributed by atoms with E-state index in [9.17, 15) is 9.18 Å². The second kappa shape index (κ2) is 9.87. The SMILES string of the molecule is CNC(=O)[C@]1(COC)CC[C@H](c2ccc(OCc3ccccc3F)cc2)N1.Cl. The van der Waals surface area contributed by atoms with Crippen LogP contribution in [0.5, 0.6) is 5.75 Å². The largest absolute Gasteiger partial charge is 0.489 e. The standard InChI is InChI=1S/C21H25FN2O3.ClH/c1-23-20(25)21(14-26-2)12-11-19(24-21)15-7-9-17(10-8-15)27-13-16-5-3-4-6-18(16)22;/h3-10,19,24H,11-14H2,1-2H3,(H,23,25);1H/t19-,21-;/m1./s1. The monoisotopic (exact) mass is 408 g/mol. The Morgan fingerprint density at radius 2 is 1.96 bits per heavy atom. The highest BCUT2D eigenvalue weighted by molar-refractivity contribution is 5.86. The van der Waals surface area contributed by atoms with Crippen LogP contribution in [0.3, 0.4) is 0 Å². The number of ether oxygens (including phenoxy) is 2. The minimum atomic E-state index is -0.700. The first-order valence-electron chi connectivity index (χ1n) is 9.03. The molecule has 1 saturated heterocycles. The lowest BCUT2D eigenvalue weighted by Gasteiger charge is -2.28. The molecule has 1 aliphatic heterocycles. The van der Waals surface area contributed by atoms with E-state index in [-0.39, 0.29) is 36.8 Å². The van der Waals surface area contributed by atoms with E-state index in [1.807, 2.05) is 24.3 Å². The molecule has 0 spiro atoms. The summed E-state index contributed by atoms with van der Waals surface area (Å²) >= 11 is 0. The highest BCUT2D eigenvalue weighted by atomic mass is 35.5. The molecule has 2 aromatic carbocycles. The molecule has 0 unspecified atom stereocenters. The molecule has 1 heterocycles. The van der Waals surface area contributed by atoms with Crippen molar-refractivity contribution in [2.24, 2.45) is 0 Å². The van der Waals surface area contributed by atoms with Crippen LogP contribution in [0.2, 0.25) is 0 Å². The van der Waals surface area contributed by atoms with Crippen molar-refractivity contribution in [3.63, 3.8) is 0 Å². The molecular formula is C21H26ClFN2O3. The van der Waals surface area contributed by atoms with Crippen LogP contribution >= 0.6 is 12.4 Å². The summed E-state index contributed by atoms with van der Waals surface area (Å²) in [6.07, 6.45) is 1.54. The maximum Gasteiger partial charge on any atom is 0.242 e. The highest BCUT2D eigenvalue weighted by Gasteiger charge is 2.44. The van der Waals surface area contributed by atoms with Gasteiger partial charge in [0.2, 0.25) is 5.91 Å². The lowest BCUT2D eigenvalue weighted by molar-refractivity contribution is -0.128. The number of hydrogen-bond donors (Lipinski definition) is 2. The topological polar surface area (TPSA) is 59.6 Å². The van der Waals surface area contributed by atoms with Gasteiger partial charge < -0.3 is 14.8 Å². The number of amides is 1. The molecule has 152 valence electrons. The zero-order chi connectivity index (χ0) is 19.3. The van der Waals surface area contributed by atoms with Crippen LogP contribution in [0.15, 0.2) is 48.5 Å². The van der Waals surface area contributed by atoms with Gasteiger partial charge in [-0.05, 0) is 36.6 Å². The van der Waals surface area contributed by atoms with Gasteiger partial charge in [0.25, 0.3) is 0 Å². The molecule has 28 heavy (non-hydrogen) atoms. The van der Waals surface area contributed by atoms with Gasteiger partial charge in [0.05, 0.1) is 6.61 Å². The first-order chi connectivity index (χ1) is 13.1. The average Bonchev–Trinajstić information content (AvgIpc) is 3.13. The molecule has 0 saturated carbocycles. The number of carbonyl (C=O) groups is 1. The molecule has 1 aliphatic rings. The van der Waals surface area contributed by atoms with Gasteiger partial charge in [-0.15, -0.1) is 12.4 Å². The van der Waals surface area contributed by atoms with Gasteiger partial charge in [-0.25, -0.2) is 4.39 Å². The number of nitrogens with one attached hydrogen (secondary N) is 2. The minimum Gasteiger partial charge on any atom is -0.489 e. The fraction of sp³-hybridized carbons (Fsp3) is 0.381. The zero-order valence-corrected chi connectivity index (χ0v) is 16.9. The van der Waals surface area contributed by atoms with E-state index in [0.29, 0.717) is 24.3 Å². The summed E-state index contributed by atoms with van der Waals surface area (Å²) in [4.78, 5) is 12.3. The van der Waals surface area contributed by atoms with Crippen molar-refractivity contribution in [2.75, 3.05) is 20.8 Å². The predicted octanol–water partition coefficient (Wildman–Crippen LogP) is 3.38. The van der Waals surface area contributed by atoms with Crippen LogP contribution in [-0.2, 0) is 16.1 Å². The molecule has 0 aromatic heterocycles. The summed E-state index contributed by atoms with van der Waals surface area (Å²) in [5.74, 6) is 0.346. The van der Waals surface area contributed by atoms with E-state index in [2.05, 4.69) is 10.6 Å². The Morgan fingerprint density at radius 3 is 2.61 bits per heavy atom. The third-order valence-corrected chi connectivity index (χ3v) is 5.00. The number of halogens is 2. The van der Waals surface area contributed by atoms with Gasteiger partial charge in [0, 0.05) is 25.8 Å². The molecule has 3 rings (SSSR count). The van der Waals surface area contributed by atoms with Crippen molar-refractivity contribution >= 4 is 18.3 Å². The van der Waals surface area contributed by atoms with Crippen molar-refractivity contribution in [3.05, 3.63) is 65.5 Å². The lowest BCUT2D eigenvalue weighted by atomic mass is 9.97. The van der Waals surface area contributed by atoms with Gasteiger partial charge in [-0.1, -0.05) is 30.3 Å². The first kappa shape index (κ1) is 22.1. The van der Waals surface area contributed by atoms with Gasteiger partial charge in [-0.3, -0.25) is 10.1 Å². The Hall–Kier alpha value is -2.15. The molecule has 1 amide bonds. The lowest BCUT2D eigenvalue weighted by Crippen LogP contribution is -2.56. The van der Waals surface area contributed by atoms with Crippen LogP contribution in [0, 0.1) is 5.82 Å². The summed E-state index contributed by atoms with van der Waals surface area (Å²) < 4.78 is 24.6. The molecule has 2 atom stereocenters. The van der Waals surface area contributed by atoms with Crippen molar-refractivity contribution in [2.45, 2.75) is 31.0 Å². The average molecular weight is 409 g/mol. The fourth-order valence-electron chi connectivity index (χ4n) is 3.54. The third-order valence-electron chi connectivity index (χ3n) is 5.00. The predicted molar refractivity (Wildman–Crippen MR) is 108 cm³/mol. The van der Waals surface area contributed by atoms with Crippen molar-refractivity contribution in [1.29, 1.82) is 0 Å². The van der Waals surface area contributed by atoms with Crippen LogP contribution in [0.1, 0.15) is 30.0 Å². The fourth-order valence-corrected chi connectivity index (χ4v) is 3.54. The number of carbonyl (C=O) groups excluding carboxylic acids is 1. The Labute approximate surface area is 171 Å². The molecule has 0 bridgehead atoms. The van der Waals surface area contributed by atoms with E-state index >= 15 is 0 Å². The molecule has 0 aliphatic carbocycles. The van der Waals surface area contributed by atoms with E-state index in [1.165, 1.54) is 6.07 Å². The molecule has 5 nitrogen and oxygen atoms in total. The first-order valence-corrected chi connectivity index (χ1v) is 9.03. The van der Waals surface area contributed by atoms with E-state index in [0.717, 1.165) is 12.0 Å². The summed E-state index contributed by atoms with van der Waals surface area (Å²) in [5, 5.41) is 6.15. The molecule has 0 radical (unpaired) electrons. The Kier molecular flexibility index (Phi) is 7.80. The van der Waals surface area contributed by atoms with Crippen LogP contribution in [0.4, 0.5) is 4.39 Å².